The van der Waals surface area contributed by atoms with Crippen LogP contribution in [-0.2, 0) is 13.2 Å². The van der Waals surface area contributed by atoms with E-state index in [4.69, 9.17) is 9.47 Å². The van der Waals surface area contributed by atoms with Gasteiger partial charge in [-0.2, -0.15) is 0 Å². The van der Waals surface area contributed by atoms with E-state index < -0.39 is 0 Å². The minimum absolute atomic E-state index is 0.512. The molecule has 4 nitrogen and oxygen atoms in total. The molecule has 1 aliphatic rings. The first-order chi connectivity index (χ1) is 11.8. The van der Waals surface area contributed by atoms with Crippen LogP contribution < -0.4 is 14.8 Å². The molecule has 3 rings (SSSR count). The number of pyridine rings is 1. The summed E-state index contributed by atoms with van der Waals surface area (Å²) in [6, 6.07) is 10.7. The molecule has 1 fully saturated rings. The van der Waals surface area contributed by atoms with Crippen molar-refractivity contribution in [3.05, 3.63) is 53.9 Å². The van der Waals surface area contributed by atoms with Gasteiger partial charge in [0, 0.05) is 25.0 Å². The Bertz CT molecular complexity index is 625. The van der Waals surface area contributed by atoms with Crippen molar-refractivity contribution in [1.29, 1.82) is 0 Å². The van der Waals surface area contributed by atoms with E-state index in [1.165, 1.54) is 37.7 Å². The van der Waals surface area contributed by atoms with E-state index in [9.17, 15) is 0 Å². The van der Waals surface area contributed by atoms with Crippen molar-refractivity contribution in [2.24, 2.45) is 0 Å². The molecule has 0 aliphatic heterocycles. The molecule has 0 unspecified atom stereocenters. The van der Waals surface area contributed by atoms with Crippen molar-refractivity contribution < 1.29 is 9.47 Å². The number of hydrogen-bond acceptors (Lipinski definition) is 4. The smallest absolute Gasteiger partial charge is 0.161 e. The van der Waals surface area contributed by atoms with Gasteiger partial charge in [0.05, 0.1) is 7.11 Å². The maximum atomic E-state index is 5.89. The van der Waals surface area contributed by atoms with Crippen molar-refractivity contribution in [1.82, 2.24) is 10.3 Å². The maximum absolute atomic E-state index is 5.89. The topological polar surface area (TPSA) is 43.4 Å². The van der Waals surface area contributed by atoms with Crippen molar-refractivity contribution in [3.8, 4) is 11.5 Å². The molecule has 0 spiro atoms. The van der Waals surface area contributed by atoms with Gasteiger partial charge in [-0.15, -0.1) is 0 Å². The van der Waals surface area contributed by atoms with E-state index in [-0.39, 0.29) is 0 Å². The zero-order valence-corrected chi connectivity index (χ0v) is 14.3. The Kier molecular flexibility index (Phi) is 6.07. The van der Waals surface area contributed by atoms with E-state index >= 15 is 0 Å². The van der Waals surface area contributed by atoms with E-state index in [1.54, 1.807) is 19.5 Å². The highest BCUT2D eigenvalue weighted by molar-refractivity contribution is 5.43. The van der Waals surface area contributed by atoms with Crippen molar-refractivity contribution in [3.63, 3.8) is 0 Å². The van der Waals surface area contributed by atoms with Gasteiger partial charge in [-0.1, -0.05) is 25.3 Å². The second-order valence-electron chi connectivity index (χ2n) is 6.35. The van der Waals surface area contributed by atoms with E-state index in [2.05, 4.69) is 22.4 Å². The number of ether oxygens (including phenoxy) is 2. The molecule has 0 radical (unpaired) electrons. The highest BCUT2D eigenvalue weighted by atomic mass is 16.5. The first-order valence-corrected chi connectivity index (χ1v) is 8.77. The van der Waals surface area contributed by atoms with E-state index in [0.717, 1.165) is 23.6 Å². The summed E-state index contributed by atoms with van der Waals surface area (Å²) in [6.45, 7) is 1.39. The molecule has 1 aromatic heterocycles. The van der Waals surface area contributed by atoms with Crippen LogP contribution in [0.25, 0.3) is 0 Å². The number of methoxy groups -OCH3 is 1. The Labute approximate surface area is 144 Å². The molecule has 0 atom stereocenters. The molecule has 4 heteroatoms. The van der Waals surface area contributed by atoms with Crippen LogP contribution in [0.15, 0.2) is 42.7 Å². The van der Waals surface area contributed by atoms with Crippen molar-refractivity contribution in [2.75, 3.05) is 7.11 Å². The lowest BCUT2D eigenvalue weighted by Crippen LogP contribution is -2.30. The van der Waals surface area contributed by atoms with Crippen LogP contribution in [-0.4, -0.2) is 18.1 Å². The molecule has 1 N–H and O–H groups in total. The summed E-state index contributed by atoms with van der Waals surface area (Å²) < 4.78 is 11.4. The number of nitrogens with one attached hydrogen (secondary N) is 1. The summed E-state index contributed by atoms with van der Waals surface area (Å²) in [5.41, 5.74) is 2.32. The van der Waals surface area contributed by atoms with E-state index in [0.29, 0.717) is 12.6 Å². The van der Waals surface area contributed by atoms with Gasteiger partial charge < -0.3 is 14.8 Å². The highest BCUT2D eigenvalue weighted by Gasteiger charge is 2.13. The van der Waals surface area contributed by atoms with Crippen LogP contribution in [0.2, 0.25) is 0 Å². The van der Waals surface area contributed by atoms with Gasteiger partial charge in [0.25, 0.3) is 0 Å². The minimum Gasteiger partial charge on any atom is -0.493 e. The third-order valence-corrected chi connectivity index (χ3v) is 4.57. The Balaban J connectivity index is 1.57. The fraction of sp³-hybridized carbons (Fsp3) is 0.450. The monoisotopic (exact) mass is 326 g/mol. The largest absolute Gasteiger partial charge is 0.493 e. The van der Waals surface area contributed by atoms with Gasteiger partial charge in [0.1, 0.15) is 6.61 Å². The van der Waals surface area contributed by atoms with E-state index in [1.807, 2.05) is 18.2 Å². The van der Waals surface area contributed by atoms with Gasteiger partial charge in [0.15, 0.2) is 11.5 Å². The van der Waals surface area contributed by atoms with Crippen LogP contribution >= 0.6 is 0 Å². The van der Waals surface area contributed by atoms with Crippen LogP contribution in [0.1, 0.15) is 43.2 Å². The molecule has 2 aromatic rings. The highest BCUT2D eigenvalue weighted by Crippen LogP contribution is 2.29. The first kappa shape index (κ1) is 16.8. The van der Waals surface area contributed by atoms with Gasteiger partial charge >= 0.3 is 0 Å². The molecular weight excluding hydrogens is 300 g/mol. The Morgan fingerprint density at radius 2 is 1.79 bits per heavy atom. The summed E-state index contributed by atoms with van der Waals surface area (Å²) in [6.07, 6.45) is 10.2. The van der Waals surface area contributed by atoms with Gasteiger partial charge in [0.2, 0.25) is 0 Å². The summed E-state index contributed by atoms with van der Waals surface area (Å²) in [4.78, 5) is 4.02. The molecule has 1 heterocycles. The van der Waals surface area contributed by atoms with Crippen LogP contribution in [0.5, 0.6) is 11.5 Å². The number of benzene rings is 1. The molecule has 0 saturated heterocycles. The molecule has 0 bridgehead atoms. The SMILES string of the molecule is COc1cc(CNC2CCCCC2)ccc1OCc1ccncc1. The summed E-state index contributed by atoms with van der Waals surface area (Å²) in [5, 5.41) is 3.66. The van der Waals surface area contributed by atoms with Crippen LogP contribution in [0, 0.1) is 0 Å². The second-order valence-corrected chi connectivity index (χ2v) is 6.35. The predicted molar refractivity (Wildman–Crippen MR) is 95.3 cm³/mol. The van der Waals surface area contributed by atoms with Crippen molar-refractivity contribution >= 4 is 0 Å². The Morgan fingerprint density at radius 1 is 1.00 bits per heavy atom. The number of aromatic nitrogens is 1. The van der Waals surface area contributed by atoms with Gasteiger partial charge in [-0.25, -0.2) is 0 Å². The molecule has 1 aliphatic carbocycles. The molecular formula is C20H26N2O2. The summed E-state index contributed by atoms with van der Waals surface area (Å²) in [5.74, 6) is 1.56. The molecule has 24 heavy (non-hydrogen) atoms. The standard InChI is InChI=1S/C20H26N2O2/c1-23-20-13-17(14-22-18-5-3-2-4-6-18)7-8-19(20)24-15-16-9-11-21-12-10-16/h7-13,18,22H,2-6,14-15H2,1H3. The van der Waals surface area contributed by atoms with Gasteiger partial charge in [-0.3, -0.25) is 4.98 Å². The third-order valence-electron chi connectivity index (χ3n) is 4.57. The maximum Gasteiger partial charge on any atom is 0.161 e. The quantitative estimate of drug-likeness (QED) is 0.832. The fourth-order valence-electron chi connectivity index (χ4n) is 3.15. The van der Waals surface area contributed by atoms with Crippen molar-refractivity contribution in [2.45, 2.75) is 51.3 Å². The zero-order chi connectivity index (χ0) is 16.6. The minimum atomic E-state index is 0.512. The molecule has 0 amide bonds. The lowest BCUT2D eigenvalue weighted by Gasteiger charge is -2.23. The molecule has 1 saturated carbocycles. The summed E-state index contributed by atoms with van der Waals surface area (Å²) >= 11 is 0. The second kappa shape index (κ2) is 8.69. The fourth-order valence-corrected chi connectivity index (χ4v) is 3.15. The lowest BCUT2D eigenvalue weighted by molar-refractivity contribution is 0.284. The third kappa shape index (κ3) is 4.71. The number of nitrogens with zero attached hydrogens (tertiary/aromatic N) is 1. The number of rotatable bonds is 7. The molecule has 1 aromatic carbocycles. The van der Waals surface area contributed by atoms with Gasteiger partial charge in [-0.05, 0) is 48.2 Å². The first-order valence-electron chi connectivity index (χ1n) is 8.77. The molecule has 128 valence electrons. The Hall–Kier alpha value is -2.07. The average Bonchev–Trinajstić information content (AvgIpc) is 2.66. The lowest BCUT2D eigenvalue weighted by atomic mass is 9.95. The normalized spacial score (nSPS) is 15.2. The summed E-state index contributed by atoms with van der Waals surface area (Å²) in [7, 11) is 1.69. The average molecular weight is 326 g/mol. The number of hydrogen-bond donors (Lipinski definition) is 1. The van der Waals surface area contributed by atoms with Crippen LogP contribution in [0.4, 0.5) is 0 Å². The zero-order valence-electron chi connectivity index (χ0n) is 14.3. The van der Waals surface area contributed by atoms with Crippen LogP contribution in [0.3, 0.4) is 0 Å². The Morgan fingerprint density at radius 3 is 2.54 bits per heavy atom. The predicted octanol–water partition coefficient (Wildman–Crippen LogP) is 4.09.